The van der Waals surface area contributed by atoms with E-state index in [1.807, 2.05) is 0 Å². The fourth-order valence-corrected chi connectivity index (χ4v) is 5.47. The van der Waals surface area contributed by atoms with Crippen molar-refractivity contribution in [2.24, 2.45) is 10.9 Å². The fraction of sp³-hybridized carbons (Fsp3) is 0.517. The molecular formula is C29H37N5O5. The summed E-state index contributed by atoms with van der Waals surface area (Å²) >= 11 is 0. The van der Waals surface area contributed by atoms with E-state index in [2.05, 4.69) is 25.4 Å². The van der Waals surface area contributed by atoms with Crippen LogP contribution < -0.4 is 10.6 Å². The van der Waals surface area contributed by atoms with Crippen molar-refractivity contribution < 1.29 is 24.6 Å². The number of carbonyl (C=O) groups is 3. The number of aliphatic hydroxyl groups is 2. The minimum atomic E-state index is -0.565. The van der Waals surface area contributed by atoms with E-state index in [1.165, 1.54) is 0 Å². The van der Waals surface area contributed by atoms with Crippen LogP contribution in [0.1, 0.15) is 48.9 Å². The van der Waals surface area contributed by atoms with Gasteiger partial charge in [0.05, 0.1) is 29.5 Å². The van der Waals surface area contributed by atoms with Crippen molar-refractivity contribution in [3.63, 3.8) is 0 Å². The number of aliphatic hydroxyl groups excluding tert-OH is 2. The third-order valence-electron chi connectivity index (χ3n) is 7.89. The van der Waals surface area contributed by atoms with Crippen molar-refractivity contribution in [1.29, 1.82) is 0 Å². The van der Waals surface area contributed by atoms with Crippen LogP contribution in [0.25, 0.3) is 0 Å². The van der Waals surface area contributed by atoms with Crippen LogP contribution in [0.4, 0.5) is 11.4 Å². The number of likely N-dealkylation sites (tertiary alicyclic amines) is 2. The molecule has 4 aliphatic rings. The number of benzene rings is 1. The number of hydrogen-bond acceptors (Lipinski definition) is 8. The zero-order valence-corrected chi connectivity index (χ0v) is 22.1. The van der Waals surface area contributed by atoms with Crippen LogP contribution in [0.15, 0.2) is 47.1 Å². The first kappa shape index (κ1) is 27.4. The van der Waals surface area contributed by atoms with Crippen molar-refractivity contribution in [2.45, 2.75) is 50.7 Å². The lowest BCUT2D eigenvalue weighted by molar-refractivity contribution is -0.120. The van der Waals surface area contributed by atoms with Gasteiger partial charge in [-0.15, -0.1) is 0 Å². The molecule has 10 nitrogen and oxygen atoms in total. The number of rotatable bonds is 8. The summed E-state index contributed by atoms with van der Waals surface area (Å²) in [5, 5.41) is 25.1. The number of hydrogen-bond donors (Lipinski definition) is 4. The van der Waals surface area contributed by atoms with Gasteiger partial charge in [-0.2, -0.15) is 0 Å². The molecule has 2 amide bonds. The van der Waals surface area contributed by atoms with Crippen LogP contribution >= 0.6 is 0 Å². The molecule has 5 rings (SSSR count). The van der Waals surface area contributed by atoms with E-state index in [-0.39, 0.29) is 29.8 Å². The van der Waals surface area contributed by atoms with Crippen LogP contribution in [0.3, 0.4) is 0 Å². The van der Waals surface area contributed by atoms with Gasteiger partial charge in [0, 0.05) is 69.1 Å². The molecule has 1 unspecified atom stereocenters. The molecule has 0 saturated carbocycles. The summed E-state index contributed by atoms with van der Waals surface area (Å²) < 4.78 is 0. The molecule has 0 spiro atoms. The first-order chi connectivity index (χ1) is 18.8. The lowest BCUT2D eigenvalue weighted by Gasteiger charge is -2.29. The van der Waals surface area contributed by atoms with Crippen molar-refractivity contribution in [1.82, 2.24) is 15.1 Å². The number of carbonyl (C=O) groups excluding carboxylic acids is 3. The number of nitrogens with one attached hydrogen (secondary N) is 2. The number of ketones is 1. The normalized spacial score (nSPS) is 22.5. The third kappa shape index (κ3) is 7.07. The van der Waals surface area contributed by atoms with Gasteiger partial charge in [-0.3, -0.25) is 19.4 Å². The Morgan fingerprint density at radius 1 is 0.872 bits per heavy atom. The molecule has 1 aromatic carbocycles. The number of fused-ring (bicyclic) bond motifs is 2. The number of aliphatic imine (C=N–C) groups is 1. The van der Waals surface area contributed by atoms with E-state index in [1.54, 1.807) is 36.4 Å². The summed E-state index contributed by atoms with van der Waals surface area (Å²) in [7, 11) is 0. The van der Waals surface area contributed by atoms with Gasteiger partial charge in [-0.1, -0.05) is 0 Å². The Balaban J connectivity index is 1.14. The maximum Gasteiger partial charge on any atom is 0.225 e. The number of anilines is 1. The van der Waals surface area contributed by atoms with E-state index in [4.69, 9.17) is 0 Å². The topological polar surface area (TPSA) is 135 Å². The van der Waals surface area contributed by atoms with Crippen LogP contribution in [-0.2, 0) is 9.59 Å². The highest BCUT2D eigenvalue weighted by molar-refractivity contribution is 6.23. The van der Waals surface area contributed by atoms with Crippen molar-refractivity contribution >= 4 is 34.7 Å². The Hall–Kier alpha value is -3.18. The molecule has 10 heteroatoms. The van der Waals surface area contributed by atoms with E-state index in [0.717, 1.165) is 51.9 Å². The predicted molar refractivity (Wildman–Crippen MR) is 148 cm³/mol. The van der Waals surface area contributed by atoms with Gasteiger partial charge in [0.25, 0.3) is 0 Å². The molecular weight excluding hydrogens is 498 g/mol. The zero-order chi connectivity index (χ0) is 27.4. The Morgan fingerprint density at radius 2 is 1.46 bits per heavy atom. The summed E-state index contributed by atoms with van der Waals surface area (Å²) in [6.45, 7) is 4.46. The van der Waals surface area contributed by atoms with Gasteiger partial charge >= 0.3 is 0 Å². The molecule has 2 fully saturated rings. The highest BCUT2D eigenvalue weighted by atomic mass is 16.3. The minimum Gasteiger partial charge on any atom is -0.393 e. The Morgan fingerprint density at radius 3 is 2.08 bits per heavy atom. The summed E-state index contributed by atoms with van der Waals surface area (Å²) in [5.74, 6) is -0.875. The number of amides is 2. The monoisotopic (exact) mass is 535 g/mol. The molecule has 3 aliphatic heterocycles. The van der Waals surface area contributed by atoms with Crippen LogP contribution in [0.2, 0.25) is 0 Å². The van der Waals surface area contributed by atoms with E-state index >= 15 is 0 Å². The van der Waals surface area contributed by atoms with Crippen molar-refractivity contribution in [3.05, 3.63) is 47.7 Å². The number of nitrogens with zero attached hydrogens (tertiary/aromatic N) is 3. The first-order valence-electron chi connectivity index (χ1n) is 13.9. The summed E-state index contributed by atoms with van der Waals surface area (Å²) in [5.41, 5.74) is 2.79. The molecule has 0 aromatic heterocycles. The summed E-state index contributed by atoms with van der Waals surface area (Å²) in [6, 6.07) is 5.14. The molecule has 1 aliphatic carbocycles. The highest BCUT2D eigenvalue weighted by Gasteiger charge is 2.31. The molecule has 39 heavy (non-hydrogen) atoms. The van der Waals surface area contributed by atoms with Gasteiger partial charge in [-0.05, 0) is 62.1 Å². The molecule has 0 radical (unpaired) electrons. The average Bonchev–Trinajstić information content (AvgIpc) is 2.93. The van der Waals surface area contributed by atoms with Gasteiger partial charge < -0.3 is 30.6 Å². The Labute approximate surface area is 228 Å². The second-order valence-electron chi connectivity index (χ2n) is 10.8. The predicted octanol–water partition coefficient (Wildman–Crippen LogP) is 1.77. The van der Waals surface area contributed by atoms with Gasteiger partial charge in [0.15, 0.2) is 5.78 Å². The van der Waals surface area contributed by atoms with Crippen molar-refractivity contribution in [3.8, 4) is 0 Å². The SMILES string of the molecule is O=C(CCN1CCC(O)CC1)NC1=CC2C(=O)c3ccc(NC(=O)CCN4CCC(O)CC4)cc3N=C2C=C1. The molecule has 208 valence electrons. The zero-order valence-electron chi connectivity index (χ0n) is 22.1. The van der Waals surface area contributed by atoms with E-state index in [9.17, 15) is 24.6 Å². The second kappa shape index (κ2) is 12.3. The van der Waals surface area contributed by atoms with Crippen LogP contribution in [0, 0.1) is 5.92 Å². The average molecular weight is 536 g/mol. The molecule has 1 atom stereocenters. The molecule has 3 heterocycles. The summed E-state index contributed by atoms with van der Waals surface area (Å²) in [6.07, 6.45) is 8.44. The minimum absolute atomic E-state index is 0.0943. The lowest BCUT2D eigenvalue weighted by atomic mass is 9.85. The molecule has 1 aromatic rings. The van der Waals surface area contributed by atoms with Crippen LogP contribution in [0.5, 0.6) is 0 Å². The number of allylic oxidation sites excluding steroid dienone is 3. The lowest BCUT2D eigenvalue weighted by Crippen LogP contribution is -2.38. The highest BCUT2D eigenvalue weighted by Crippen LogP contribution is 2.34. The maximum atomic E-state index is 13.3. The van der Waals surface area contributed by atoms with Gasteiger partial charge in [-0.25, -0.2) is 0 Å². The third-order valence-corrected chi connectivity index (χ3v) is 7.89. The summed E-state index contributed by atoms with van der Waals surface area (Å²) in [4.78, 5) is 47.3. The fourth-order valence-electron chi connectivity index (χ4n) is 5.47. The Bertz CT molecular complexity index is 1190. The van der Waals surface area contributed by atoms with Crippen molar-refractivity contribution in [2.75, 3.05) is 44.6 Å². The number of Topliss-reactive ketones (excluding diaryl/α,β-unsaturated/α-hetero) is 1. The maximum absolute atomic E-state index is 13.3. The number of piperidine rings is 2. The van der Waals surface area contributed by atoms with Gasteiger partial charge in [0.2, 0.25) is 11.8 Å². The molecule has 0 bridgehead atoms. The van der Waals surface area contributed by atoms with Gasteiger partial charge in [0.1, 0.15) is 0 Å². The molecule has 2 saturated heterocycles. The smallest absolute Gasteiger partial charge is 0.225 e. The largest absolute Gasteiger partial charge is 0.393 e. The van der Waals surface area contributed by atoms with Crippen LogP contribution in [-0.4, -0.2) is 94.8 Å². The van der Waals surface area contributed by atoms with E-state index in [0.29, 0.717) is 54.3 Å². The Kier molecular flexibility index (Phi) is 8.66. The first-order valence-corrected chi connectivity index (χ1v) is 13.9. The van der Waals surface area contributed by atoms with E-state index < -0.39 is 5.92 Å². The molecule has 4 N–H and O–H groups in total. The second-order valence-corrected chi connectivity index (χ2v) is 10.8. The standard InChI is InChI=1S/C29H37N5O5/c35-21-5-11-33(12-6-21)15-9-27(37)30-19-2-4-25-24(17-19)29(39)23-3-1-20(18-26(23)32-25)31-28(38)10-16-34-13-7-22(36)8-14-34/h1-4,17-18,21-22,24,35-36H,5-16H2,(H,30,37)(H,31,38). The quantitative estimate of drug-likeness (QED) is 0.399.